The number of H-pyrrole nitrogens is 1. The molecule has 5 nitrogen and oxygen atoms in total. The summed E-state index contributed by atoms with van der Waals surface area (Å²) in [7, 11) is 0. The number of nitrogens with one attached hydrogen (secondary N) is 3. The maximum atomic E-state index is 12.4. The second kappa shape index (κ2) is 6.74. The molecular weight excluding hydrogens is 288 g/mol. The van der Waals surface area contributed by atoms with Crippen LogP contribution in [0.4, 0.5) is 5.69 Å². The van der Waals surface area contributed by atoms with Gasteiger partial charge in [0.15, 0.2) is 5.69 Å². The number of aryl methyl sites for hydroxylation is 1. The Hall–Kier alpha value is -1.85. The fraction of sp³-hybridized carbons (Fsp3) is 0.333. The highest BCUT2D eigenvalue weighted by Gasteiger charge is 2.21. The summed E-state index contributed by atoms with van der Waals surface area (Å²) < 4.78 is 0. The second-order valence-corrected chi connectivity index (χ2v) is 4.92. The van der Waals surface area contributed by atoms with Crippen LogP contribution in [-0.2, 0) is 19.4 Å². The lowest BCUT2D eigenvalue weighted by molar-refractivity contribution is 0.102. The first kappa shape index (κ1) is 15.5. The van der Waals surface area contributed by atoms with Gasteiger partial charge in [-0.25, -0.2) is 0 Å². The van der Waals surface area contributed by atoms with E-state index < -0.39 is 0 Å². The topological polar surface area (TPSA) is 69.8 Å². The third-order valence-corrected chi connectivity index (χ3v) is 3.67. The van der Waals surface area contributed by atoms with Crippen molar-refractivity contribution in [1.29, 1.82) is 0 Å². The monoisotopic (exact) mass is 306 g/mol. The number of nitrogens with zero attached hydrogens (tertiary/aromatic N) is 1. The number of amides is 1. The fourth-order valence-electron chi connectivity index (χ4n) is 2.55. The summed E-state index contributed by atoms with van der Waals surface area (Å²) in [6.45, 7) is 3.70. The van der Waals surface area contributed by atoms with Gasteiger partial charge in [0.25, 0.3) is 5.91 Å². The maximum absolute atomic E-state index is 12.4. The number of fused-ring (bicyclic) bond motifs is 1. The van der Waals surface area contributed by atoms with E-state index in [-0.39, 0.29) is 18.3 Å². The largest absolute Gasteiger partial charge is 0.320 e. The van der Waals surface area contributed by atoms with Crippen LogP contribution in [0, 0.1) is 0 Å². The van der Waals surface area contributed by atoms with Crippen molar-refractivity contribution in [3.05, 3.63) is 46.8 Å². The zero-order valence-electron chi connectivity index (χ0n) is 11.9. The Morgan fingerprint density at radius 2 is 2.19 bits per heavy atom. The lowest BCUT2D eigenvalue weighted by atomic mass is 10.1. The molecule has 0 atom stereocenters. The van der Waals surface area contributed by atoms with Crippen LogP contribution in [-0.4, -0.2) is 22.6 Å². The number of aromatic amines is 1. The van der Waals surface area contributed by atoms with Crippen LogP contribution in [0.3, 0.4) is 0 Å². The Bertz CT molecular complexity index is 638. The third-order valence-electron chi connectivity index (χ3n) is 3.67. The second-order valence-electron chi connectivity index (χ2n) is 4.92. The molecule has 1 aliphatic heterocycles. The summed E-state index contributed by atoms with van der Waals surface area (Å²) in [4.78, 5) is 12.4. The zero-order valence-corrected chi connectivity index (χ0v) is 12.7. The first-order valence-electron chi connectivity index (χ1n) is 6.95. The molecule has 1 aromatic heterocycles. The van der Waals surface area contributed by atoms with E-state index in [0.29, 0.717) is 12.2 Å². The summed E-state index contributed by atoms with van der Waals surface area (Å²) in [5.41, 5.74) is 4.54. The lowest BCUT2D eigenvalue weighted by Gasteiger charge is -2.13. The molecule has 1 aliphatic rings. The van der Waals surface area contributed by atoms with Gasteiger partial charge in [-0.15, -0.1) is 12.4 Å². The van der Waals surface area contributed by atoms with Crippen molar-refractivity contribution < 1.29 is 4.79 Å². The van der Waals surface area contributed by atoms with Gasteiger partial charge in [-0.1, -0.05) is 25.1 Å². The van der Waals surface area contributed by atoms with Crippen molar-refractivity contribution in [3.63, 3.8) is 0 Å². The summed E-state index contributed by atoms with van der Waals surface area (Å²) >= 11 is 0. The fourth-order valence-corrected chi connectivity index (χ4v) is 2.55. The van der Waals surface area contributed by atoms with Gasteiger partial charge < -0.3 is 10.6 Å². The summed E-state index contributed by atoms with van der Waals surface area (Å²) in [6, 6.07) is 7.86. The summed E-state index contributed by atoms with van der Waals surface area (Å²) in [5.74, 6) is -0.146. The smallest absolute Gasteiger partial charge is 0.276 e. The standard InChI is InChI=1S/C15H18N4O.ClH/c1-2-10-5-3-4-6-12(10)17-15(20)14-11-9-16-8-7-13(11)18-19-14;/h3-6,16H,2,7-9H2,1H3,(H,17,20)(H,18,19);1H. The highest BCUT2D eigenvalue weighted by molar-refractivity contribution is 6.04. The number of rotatable bonds is 3. The number of halogens is 1. The van der Waals surface area contributed by atoms with Crippen molar-refractivity contribution >= 4 is 24.0 Å². The lowest BCUT2D eigenvalue weighted by Crippen LogP contribution is -2.25. The first-order valence-corrected chi connectivity index (χ1v) is 6.95. The molecule has 0 radical (unpaired) electrons. The van der Waals surface area contributed by atoms with Crippen LogP contribution < -0.4 is 10.6 Å². The molecule has 1 aromatic carbocycles. The Kier molecular flexibility index (Phi) is 4.98. The minimum Gasteiger partial charge on any atom is -0.320 e. The minimum absolute atomic E-state index is 0. The molecule has 3 rings (SSSR count). The molecule has 0 bridgehead atoms. The number of aromatic nitrogens is 2. The Balaban J connectivity index is 0.00000161. The molecule has 2 heterocycles. The molecule has 0 spiro atoms. The van der Waals surface area contributed by atoms with Crippen molar-refractivity contribution in [2.75, 3.05) is 11.9 Å². The minimum atomic E-state index is -0.146. The predicted octanol–water partition coefficient (Wildman–Crippen LogP) is 2.29. The quantitative estimate of drug-likeness (QED) is 0.815. The molecular formula is C15H19ClN4O. The maximum Gasteiger partial charge on any atom is 0.276 e. The summed E-state index contributed by atoms with van der Waals surface area (Å²) in [5, 5.41) is 13.4. The van der Waals surface area contributed by atoms with Crippen LogP contribution in [0.5, 0.6) is 0 Å². The van der Waals surface area contributed by atoms with E-state index in [1.165, 1.54) is 0 Å². The van der Waals surface area contributed by atoms with Gasteiger partial charge in [-0.2, -0.15) is 5.10 Å². The number of anilines is 1. The van der Waals surface area contributed by atoms with Gasteiger partial charge in [-0.05, 0) is 18.1 Å². The van der Waals surface area contributed by atoms with Gasteiger partial charge in [0.1, 0.15) is 0 Å². The van der Waals surface area contributed by atoms with Crippen molar-refractivity contribution in [1.82, 2.24) is 15.5 Å². The SMILES string of the molecule is CCc1ccccc1NC(=O)c1n[nH]c2c1CNCC2.Cl. The Labute approximate surface area is 129 Å². The van der Waals surface area contributed by atoms with Gasteiger partial charge in [0, 0.05) is 36.5 Å². The van der Waals surface area contributed by atoms with E-state index in [0.717, 1.165) is 41.9 Å². The van der Waals surface area contributed by atoms with E-state index in [9.17, 15) is 4.79 Å². The molecule has 2 aromatic rings. The third kappa shape index (κ3) is 3.09. The predicted molar refractivity (Wildman–Crippen MR) is 85.0 cm³/mol. The molecule has 0 saturated heterocycles. The van der Waals surface area contributed by atoms with E-state index in [1.807, 2.05) is 24.3 Å². The van der Waals surface area contributed by atoms with E-state index >= 15 is 0 Å². The molecule has 3 N–H and O–H groups in total. The zero-order chi connectivity index (χ0) is 13.9. The number of hydrogen-bond acceptors (Lipinski definition) is 3. The highest BCUT2D eigenvalue weighted by atomic mass is 35.5. The average Bonchev–Trinajstić information content (AvgIpc) is 2.92. The molecule has 112 valence electrons. The van der Waals surface area contributed by atoms with Crippen LogP contribution in [0.1, 0.15) is 34.2 Å². The van der Waals surface area contributed by atoms with Crippen molar-refractivity contribution in [2.45, 2.75) is 26.3 Å². The normalized spacial score (nSPS) is 13.2. The van der Waals surface area contributed by atoms with Crippen molar-refractivity contribution in [3.8, 4) is 0 Å². The van der Waals surface area contributed by atoms with Gasteiger partial charge >= 0.3 is 0 Å². The van der Waals surface area contributed by atoms with Crippen LogP contribution in [0.15, 0.2) is 24.3 Å². The Morgan fingerprint density at radius 3 is 3.00 bits per heavy atom. The van der Waals surface area contributed by atoms with E-state index in [1.54, 1.807) is 0 Å². The number of carbonyl (C=O) groups is 1. The molecule has 21 heavy (non-hydrogen) atoms. The number of carbonyl (C=O) groups excluding carboxylic acids is 1. The molecule has 0 fully saturated rings. The number of hydrogen-bond donors (Lipinski definition) is 3. The molecule has 0 saturated carbocycles. The van der Waals surface area contributed by atoms with Gasteiger partial charge in [0.2, 0.25) is 0 Å². The van der Waals surface area contributed by atoms with Crippen LogP contribution in [0.2, 0.25) is 0 Å². The summed E-state index contributed by atoms with van der Waals surface area (Å²) in [6.07, 6.45) is 1.78. The van der Waals surface area contributed by atoms with E-state index in [4.69, 9.17) is 0 Å². The van der Waals surface area contributed by atoms with Crippen LogP contribution in [0.25, 0.3) is 0 Å². The average molecular weight is 307 g/mol. The molecule has 1 amide bonds. The molecule has 0 unspecified atom stereocenters. The molecule has 6 heteroatoms. The van der Waals surface area contributed by atoms with Gasteiger partial charge in [0.05, 0.1) is 0 Å². The van der Waals surface area contributed by atoms with Crippen LogP contribution >= 0.6 is 12.4 Å². The first-order chi connectivity index (χ1) is 9.79. The Morgan fingerprint density at radius 1 is 1.38 bits per heavy atom. The van der Waals surface area contributed by atoms with E-state index in [2.05, 4.69) is 27.8 Å². The van der Waals surface area contributed by atoms with Crippen molar-refractivity contribution in [2.24, 2.45) is 0 Å². The number of benzene rings is 1. The van der Waals surface area contributed by atoms with Gasteiger partial charge in [-0.3, -0.25) is 9.89 Å². The molecule has 0 aliphatic carbocycles. The number of para-hydroxylation sites is 1. The highest BCUT2D eigenvalue weighted by Crippen LogP contribution is 2.19.